The quantitative estimate of drug-likeness (QED) is 0.891. The van der Waals surface area contributed by atoms with Gasteiger partial charge in [0.25, 0.3) is 5.91 Å². The molecule has 1 heterocycles. The molecule has 1 aliphatic rings. The Hall–Kier alpha value is -0.970. The molecule has 0 bridgehead atoms. The molecular weight excluding hydrogens is 311 g/mol. The van der Waals surface area contributed by atoms with Gasteiger partial charge in [-0.05, 0) is 51.4 Å². The van der Waals surface area contributed by atoms with Crippen LogP contribution in [-0.4, -0.2) is 30.6 Å². The average molecular weight is 333 g/mol. The summed E-state index contributed by atoms with van der Waals surface area (Å²) in [5, 5.41) is 7.01. The zero-order valence-electron chi connectivity index (χ0n) is 12.3. The second kappa shape index (κ2) is 8.47. The van der Waals surface area contributed by atoms with Crippen molar-refractivity contribution >= 4 is 29.9 Å². The van der Waals surface area contributed by atoms with Crippen molar-refractivity contribution in [2.45, 2.75) is 44.9 Å². The number of rotatable bonds is 4. The van der Waals surface area contributed by atoms with Gasteiger partial charge in [0.1, 0.15) is 5.75 Å². The van der Waals surface area contributed by atoms with E-state index in [9.17, 15) is 4.79 Å². The maximum Gasteiger partial charge on any atom is 0.260 e. The van der Waals surface area contributed by atoms with Crippen molar-refractivity contribution in [2.75, 3.05) is 6.54 Å². The van der Waals surface area contributed by atoms with Crippen LogP contribution in [0.2, 0.25) is 5.02 Å². The molecule has 0 aliphatic carbocycles. The molecule has 1 aromatic rings. The summed E-state index contributed by atoms with van der Waals surface area (Å²) >= 11 is 5.89. The van der Waals surface area contributed by atoms with Gasteiger partial charge >= 0.3 is 0 Å². The zero-order valence-corrected chi connectivity index (χ0v) is 13.8. The standard InChI is InChI=1S/C15H21ClN2O2.ClH/c1-10-8-13(6-7-17-10)18-15(19)11(2)20-14-5-3-4-12(16)9-14;/h3-5,9-11,13,17H,6-8H2,1-2H3,(H,18,19);1H. The minimum Gasteiger partial charge on any atom is -0.481 e. The Bertz CT molecular complexity index is 471. The molecule has 3 atom stereocenters. The van der Waals surface area contributed by atoms with Crippen molar-refractivity contribution in [3.05, 3.63) is 29.3 Å². The maximum atomic E-state index is 12.1. The zero-order chi connectivity index (χ0) is 14.5. The van der Waals surface area contributed by atoms with E-state index in [4.69, 9.17) is 16.3 Å². The number of piperidine rings is 1. The summed E-state index contributed by atoms with van der Waals surface area (Å²) in [6, 6.07) is 7.74. The Morgan fingerprint density at radius 1 is 1.52 bits per heavy atom. The summed E-state index contributed by atoms with van der Waals surface area (Å²) in [4.78, 5) is 12.1. The van der Waals surface area contributed by atoms with Gasteiger partial charge in [0.15, 0.2) is 6.10 Å². The second-order valence-corrected chi connectivity index (χ2v) is 5.74. The van der Waals surface area contributed by atoms with Crippen LogP contribution in [0.4, 0.5) is 0 Å². The van der Waals surface area contributed by atoms with E-state index in [1.54, 1.807) is 31.2 Å². The van der Waals surface area contributed by atoms with Gasteiger partial charge < -0.3 is 15.4 Å². The fourth-order valence-electron chi connectivity index (χ4n) is 2.38. The maximum absolute atomic E-state index is 12.1. The molecule has 118 valence electrons. The molecule has 1 aromatic carbocycles. The van der Waals surface area contributed by atoms with Gasteiger partial charge in [0, 0.05) is 17.1 Å². The molecule has 1 fully saturated rings. The fourth-order valence-corrected chi connectivity index (χ4v) is 2.56. The van der Waals surface area contributed by atoms with Gasteiger partial charge in [-0.2, -0.15) is 0 Å². The first-order valence-corrected chi connectivity index (χ1v) is 7.38. The number of ether oxygens (including phenoxy) is 1. The molecule has 1 amide bonds. The molecule has 0 saturated carbocycles. The Morgan fingerprint density at radius 2 is 2.29 bits per heavy atom. The number of benzene rings is 1. The van der Waals surface area contributed by atoms with Gasteiger partial charge in [0.05, 0.1) is 0 Å². The molecule has 1 aliphatic heterocycles. The van der Waals surface area contributed by atoms with E-state index in [0.717, 1.165) is 19.4 Å². The molecular formula is C15H22Cl2N2O2. The van der Waals surface area contributed by atoms with Crippen LogP contribution >= 0.6 is 24.0 Å². The number of halogens is 2. The summed E-state index contributed by atoms with van der Waals surface area (Å²) in [5.41, 5.74) is 0. The lowest BCUT2D eigenvalue weighted by atomic mass is 10.0. The van der Waals surface area contributed by atoms with Crippen LogP contribution in [0, 0.1) is 0 Å². The largest absolute Gasteiger partial charge is 0.481 e. The van der Waals surface area contributed by atoms with E-state index in [-0.39, 0.29) is 24.4 Å². The number of nitrogens with one attached hydrogen (secondary N) is 2. The minimum absolute atomic E-state index is 0. The topological polar surface area (TPSA) is 50.4 Å². The summed E-state index contributed by atoms with van der Waals surface area (Å²) < 4.78 is 5.61. The Morgan fingerprint density at radius 3 is 2.95 bits per heavy atom. The lowest BCUT2D eigenvalue weighted by molar-refractivity contribution is -0.128. The molecule has 0 radical (unpaired) electrons. The summed E-state index contributed by atoms with van der Waals surface area (Å²) in [5.74, 6) is 0.530. The van der Waals surface area contributed by atoms with Crippen LogP contribution in [0.25, 0.3) is 0 Å². The van der Waals surface area contributed by atoms with Crippen molar-refractivity contribution < 1.29 is 9.53 Å². The molecule has 2 rings (SSSR count). The molecule has 2 N–H and O–H groups in total. The summed E-state index contributed by atoms with van der Waals surface area (Å²) in [6.45, 7) is 4.82. The van der Waals surface area contributed by atoms with Crippen molar-refractivity contribution in [3.63, 3.8) is 0 Å². The lowest BCUT2D eigenvalue weighted by Crippen LogP contribution is -2.49. The number of carbonyl (C=O) groups is 1. The van der Waals surface area contributed by atoms with Gasteiger partial charge in [0.2, 0.25) is 0 Å². The average Bonchev–Trinajstić information content (AvgIpc) is 2.38. The predicted octanol–water partition coefficient (Wildman–Crippen LogP) is 2.79. The smallest absolute Gasteiger partial charge is 0.260 e. The van der Waals surface area contributed by atoms with E-state index in [1.165, 1.54) is 0 Å². The third-order valence-electron chi connectivity index (χ3n) is 3.45. The van der Waals surface area contributed by atoms with Gasteiger partial charge in [-0.3, -0.25) is 4.79 Å². The number of hydrogen-bond donors (Lipinski definition) is 2. The number of amides is 1. The first-order valence-electron chi connectivity index (χ1n) is 7.00. The van der Waals surface area contributed by atoms with Crippen LogP contribution in [0.1, 0.15) is 26.7 Å². The van der Waals surface area contributed by atoms with E-state index < -0.39 is 6.10 Å². The van der Waals surface area contributed by atoms with Crippen molar-refractivity contribution in [2.24, 2.45) is 0 Å². The van der Waals surface area contributed by atoms with E-state index in [2.05, 4.69) is 17.6 Å². The Balaban J connectivity index is 0.00000220. The highest BCUT2D eigenvalue weighted by atomic mass is 35.5. The third kappa shape index (κ3) is 5.73. The fraction of sp³-hybridized carbons (Fsp3) is 0.533. The van der Waals surface area contributed by atoms with Gasteiger partial charge in [-0.1, -0.05) is 17.7 Å². The third-order valence-corrected chi connectivity index (χ3v) is 3.68. The van der Waals surface area contributed by atoms with Crippen molar-refractivity contribution in [1.82, 2.24) is 10.6 Å². The van der Waals surface area contributed by atoms with Crippen LogP contribution in [0.5, 0.6) is 5.75 Å². The molecule has 6 heteroatoms. The number of carbonyl (C=O) groups excluding carboxylic acids is 1. The SMILES string of the molecule is CC1CC(NC(=O)C(C)Oc2cccc(Cl)c2)CCN1.Cl. The van der Waals surface area contributed by atoms with Crippen molar-refractivity contribution in [1.29, 1.82) is 0 Å². The van der Waals surface area contributed by atoms with E-state index in [1.807, 2.05) is 0 Å². The highest BCUT2D eigenvalue weighted by molar-refractivity contribution is 6.30. The van der Waals surface area contributed by atoms with Crippen LogP contribution in [-0.2, 0) is 4.79 Å². The summed E-state index contributed by atoms with van der Waals surface area (Å²) in [6.07, 6.45) is 1.38. The monoisotopic (exact) mass is 332 g/mol. The van der Waals surface area contributed by atoms with E-state index >= 15 is 0 Å². The molecule has 3 unspecified atom stereocenters. The molecule has 4 nitrogen and oxygen atoms in total. The minimum atomic E-state index is -0.529. The first-order chi connectivity index (χ1) is 9.54. The number of hydrogen-bond acceptors (Lipinski definition) is 3. The Kier molecular flexibility index (Phi) is 7.29. The highest BCUT2D eigenvalue weighted by Gasteiger charge is 2.23. The Labute approximate surface area is 137 Å². The summed E-state index contributed by atoms with van der Waals surface area (Å²) in [7, 11) is 0. The lowest BCUT2D eigenvalue weighted by Gasteiger charge is -2.29. The molecule has 0 spiro atoms. The predicted molar refractivity (Wildman–Crippen MR) is 87.4 cm³/mol. The molecule has 0 aromatic heterocycles. The van der Waals surface area contributed by atoms with Crippen LogP contribution in [0.15, 0.2) is 24.3 Å². The first kappa shape index (κ1) is 18.1. The molecule has 21 heavy (non-hydrogen) atoms. The van der Waals surface area contributed by atoms with E-state index in [0.29, 0.717) is 16.8 Å². The van der Waals surface area contributed by atoms with Crippen LogP contribution < -0.4 is 15.4 Å². The molecule has 1 saturated heterocycles. The van der Waals surface area contributed by atoms with Gasteiger partial charge in [-0.15, -0.1) is 12.4 Å². The van der Waals surface area contributed by atoms with Gasteiger partial charge in [-0.25, -0.2) is 0 Å². The van der Waals surface area contributed by atoms with Crippen LogP contribution in [0.3, 0.4) is 0 Å². The second-order valence-electron chi connectivity index (χ2n) is 5.30. The highest BCUT2D eigenvalue weighted by Crippen LogP contribution is 2.18. The van der Waals surface area contributed by atoms with Crippen molar-refractivity contribution in [3.8, 4) is 5.75 Å². The normalized spacial score (nSPS) is 22.8.